The molecule has 1 N–H and O–H groups in total. The molecule has 0 aliphatic rings. The molecule has 1 aromatic carbocycles. The van der Waals surface area contributed by atoms with E-state index in [4.69, 9.17) is 4.74 Å². The van der Waals surface area contributed by atoms with Gasteiger partial charge < -0.3 is 10.1 Å². The lowest BCUT2D eigenvalue weighted by Crippen LogP contribution is -2.07. The summed E-state index contributed by atoms with van der Waals surface area (Å²) in [6.45, 7) is 3.45. The van der Waals surface area contributed by atoms with Crippen LogP contribution < -0.4 is 10.1 Å². The van der Waals surface area contributed by atoms with Crippen molar-refractivity contribution in [1.82, 2.24) is 10.3 Å². The van der Waals surface area contributed by atoms with Crippen molar-refractivity contribution in [2.45, 2.75) is 26.5 Å². The Labute approximate surface area is 128 Å². The van der Waals surface area contributed by atoms with Gasteiger partial charge in [-0.25, -0.2) is 4.98 Å². The van der Waals surface area contributed by atoms with Gasteiger partial charge in [0.15, 0.2) is 0 Å². The minimum Gasteiger partial charge on any atom is -0.473 e. The number of benzene rings is 1. The maximum atomic E-state index is 5.82. The molecule has 0 unspecified atom stereocenters. The summed E-state index contributed by atoms with van der Waals surface area (Å²) in [4.78, 5) is 4.51. The van der Waals surface area contributed by atoms with E-state index in [-0.39, 0.29) is 0 Å². The number of aryl methyl sites for hydroxylation is 1. The predicted octanol–water partition coefficient (Wildman–Crippen LogP) is 3.70. The number of nitrogens with zero attached hydrogens (tertiary/aromatic N) is 1. The molecule has 0 aliphatic heterocycles. The van der Waals surface area contributed by atoms with Gasteiger partial charge in [-0.15, -0.1) is 0 Å². The van der Waals surface area contributed by atoms with Gasteiger partial charge in [-0.3, -0.25) is 0 Å². The third-order valence-electron chi connectivity index (χ3n) is 2.93. The first-order chi connectivity index (χ1) is 9.71. The van der Waals surface area contributed by atoms with Gasteiger partial charge in [0.05, 0.1) is 0 Å². The Bertz CT molecular complexity index is 572. The molecule has 0 aliphatic carbocycles. The van der Waals surface area contributed by atoms with Crippen molar-refractivity contribution in [1.29, 1.82) is 0 Å². The number of ether oxygens (including phenoxy) is 1. The van der Waals surface area contributed by atoms with Gasteiger partial charge in [-0.1, -0.05) is 35.0 Å². The van der Waals surface area contributed by atoms with E-state index >= 15 is 0 Å². The predicted molar refractivity (Wildman–Crippen MR) is 84.9 cm³/mol. The Kier molecular flexibility index (Phi) is 5.56. The van der Waals surface area contributed by atoms with Crippen LogP contribution in [0.15, 0.2) is 40.9 Å². The van der Waals surface area contributed by atoms with Crippen LogP contribution in [-0.4, -0.2) is 12.0 Å². The van der Waals surface area contributed by atoms with Gasteiger partial charge >= 0.3 is 0 Å². The molecule has 0 radical (unpaired) electrons. The molecule has 0 saturated carbocycles. The van der Waals surface area contributed by atoms with Crippen molar-refractivity contribution in [2.75, 3.05) is 7.05 Å². The van der Waals surface area contributed by atoms with Crippen LogP contribution in [0.2, 0.25) is 0 Å². The van der Waals surface area contributed by atoms with Crippen molar-refractivity contribution >= 4 is 15.9 Å². The van der Waals surface area contributed by atoms with Crippen LogP contribution in [0.25, 0.3) is 0 Å². The molecule has 0 amide bonds. The minimum absolute atomic E-state index is 0.526. The van der Waals surface area contributed by atoms with Gasteiger partial charge in [0.1, 0.15) is 6.61 Å². The van der Waals surface area contributed by atoms with E-state index in [0.717, 1.165) is 28.7 Å². The normalized spacial score (nSPS) is 10.6. The average Bonchev–Trinajstić information content (AvgIpc) is 2.45. The Hall–Kier alpha value is -1.39. The first-order valence-corrected chi connectivity index (χ1v) is 7.52. The first kappa shape index (κ1) is 15.0. The molecule has 106 valence electrons. The summed E-state index contributed by atoms with van der Waals surface area (Å²) in [5, 5.41) is 3.15. The molecule has 4 heteroatoms. The molecule has 0 saturated heterocycles. The number of hydrogen-bond acceptors (Lipinski definition) is 3. The molecule has 0 spiro atoms. The number of aromatic nitrogens is 1. The summed E-state index contributed by atoms with van der Waals surface area (Å²) in [5.74, 6) is 0.689. The SMILES string of the molecule is CCc1cc(CNC)cc(OCc2cccc(Br)c2)n1. The lowest BCUT2D eigenvalue weighted by molar-refractivity contribution is 0.292. The number of hydrogen-bond donors (Lipinski definition) is 1. The maximum Gasteiger partial charge on any atom is 0.214 e. The lowest BCUT2D eigenvalue weighted by Gasteiger charge is -2.10. The highest BCUT2D eigenvalue weighted by Crippen LogP contribution is 2.17. The lowest BCUT2D eigenvalue weighted by atomic mass is 10.2. The molecule has 1 heterocycles. The summed E-state index contributed by atoms with van der Waals surface area (Å²) < 4.78 is 6.88. The van der Waals surface area contributed by atoms with E-state index in [1.54, 1.807) is 0 Å². The van der Waals surface area contributed by atoms with Crippen LogP contribution in [0, 0.1) is 0 Å². The largest absolute Gasteiger partial charge is 0.473 e. The standard InChI is InChI=1S/C16H19BrN2O/c1-3-15-8-13(10-18-2)9-16(19-15)20-11-12-5-4-6-14(17)7-12/h4-9,18H,3,10-11H2,1-2H3. The Morgan fingerprint density at radius 1 is 1.20 bits per heavy atom. The van der Waals surface area contributed by atoms with E-state index < -0.39 is 0 Å². The zero-order valence-electron chi connectivity index (χ0n) is 11.8. The molecular formula is C16H19BrN2O. The van der Waals surface area contributed by atoms with Gasteiger partial charge in [-0.2, -0.15) is 0 Å². The van der Waals surface area contributed by atoms with Gasteiger partial charge in [0, 0.05) is 22.8 Å². The summed E-state index contributed by atoms with van der Waals surface area (Å²) in [6.07, 6.45) is 0.908. The monoisotopic (exact) mass is 334 g/mol. The van der Waals surface area contributed by atoms with Gasteiger partial charge in [-0.05, 0) is 42.8 Å². The fourth-order valence-electron chi connectivity index (χ4n) is 1.97. The summed E-state index contributed by atoms with van der Waals surface area (Å²) in [6, 6.07) is 12.2. The molecule has 20 heavy (non-hydrogen) atoms. The Balaban J connectivity index is 2.10. The smallest absolute Gasteiger partial charge is 0.214 e. The van der Waals surface area contributed by atoms with Gasteiger partial charge in [0.2, 0.25) is 5.88 Å². The van der Waals surface area contributed by atoms with Gasteiger partial charge in [0.25, 0.3) is 0 Å². The second-order valence-corrected chi connectivity index (χ2v) is 5.52. The van der Waals surface area contributed by atoms with E-state index in [9.17, 15) is 0 Å². The molecular weight excluding hydrogens is 316 g/mol. The third kappa shape index (κ3) is 4.32. The highest BCUT2D eigenvalue weighted by Gasteiger charge is 2.03. The molecule has 1 aromatic heterocycles. The number of rotatable bonds is 6. The first-order valence-electron chi connectivity index (χ1n) is 6.73. The van der Waals surface area contributed by atoms with Crippen molar-refractivity contribution in [3.8, 4) is 5.88 Å². The zero-order valence-corrected chi connectivity index (χ0v) is 13.4. The molecule has 2 aromatic rings. The topological polar surface area (TPSA) is 34.1 Å². The van der Waals surface area contributed by atoms with Crippen LogP contribution in [0.4, 0.5) is 0 Å². The fourth-order valence-corrected chi connectivity index (χ4v) is 2.41. The highest BCUT2D eigenvalue weighted by atomic mass is 79.9. The third-order valence-corrected chi connectivity index (χ3v) is 3.43. The average molecular weight is 335 g/mol. The van der Waals surface area contributed by atoms with E-state index in [1.807, 2.05) is 31.3 Å². The van der Waals surface area contributed by atoms with E-state index in [2.05, 4.69) is 45.3 Å². The number of halogens is 1. The fraction of sp³-hybridized carbons (Fsp3) is 0.312. The van der Waals surface area contributed by atoms with Crippen LogP contribution >= 0.6 is 15.9 Å². The molecule has 0 atom stereocenters. The van der Waals surface area contributed by atoms with Crippen molar-refractivity contribution in [3.63, 3.8) is 0 Å². The Morgan fingerprint density at radius 2 is 2.05 bits per heavy atom. The van der Waals surface area contributed by atoms with Crippen LogP contribution in [0.5, 0.6) is 5.88 Å². The quantitative estimate of drug-likeness (QED) is 0.874. The second kappa shape index (κ2) is 7.41. The minimum atomic E-state index is 0.526. The summed E-state index contributed by atoms with van der Waals surface area (Å²) in [5.41, 5.74) is 3.38. The summed E-state index contributed by atoms with van der Waals surface area (Å²) in [7, 11) is 1.94. The molecule has 2 rings (SSSR count). The van der Waals surface area contributed by atoms with Crippen molar-refractivity contribution in [2.24, 2.45) is 0 Å². The highest BCUT2D eigenvalue weighted by molar-refractivity contribution is 9.10. The van der Waals surface area contributed by atoms with Crippen LogP contribution in [0.3, 0.4) is 0 Å². The second-order valence-electron chi connectivity index (χ2n) is 4.61. The Morgan fingerprint density at radius 3 is 2.75 bits per heavy atom. The molecule has 0 fully saturated rings. The zero-order chi connectivity index (χ0) is 14.4. The maximum absolute atomic E-state index is 5.82. The van der Waals surface area contributed by atoms with Crippen LogP contribution in [-0.2, 0) is 19.6 Å². The van der Waals surface area contributed by atoms with Crippen LogP contribution in [0.1, 0.15) is 23.7 Å². The van der Waals surface area contributed by atoms with Crippen molar-refractivity contribution < 1.29 is 4.74 Å². The van der Waals surface area contributed by atoms with E-state index in [1.165, 1.54) is 5.56 Å². The van der Waals surface area contributed by atoms with E-state index in [0.29, 0.717) is 12.5 Å². The number of pyridine rings is 1. The van der Waals surface area contributed by atoms with Crippen molar-refractivity contribution in [3.05, 3.63) is 57.7 Å². The molecule has 3 nitrogen and oxygen atoms in total. The number of nitrogens with one attached hydrogen (secondary N) is 1. The summed E-state index contributed by atoms with van der Waals surface area (Å²) >= 11 is 3.46. The molecule has 0 bridgehead atoms.